The van der Waals surface area contributed by atoms with Crippen LogP contribution in [-0.2, 0) is 23.5 Å². The second-order valence-electron chi connectivity index (χ2n) is 9.72. The van der Waals surface area contributed by atoms with E-state index in [9.17, 15) is 31.1 Å². The Labute approximate surface area is 243 Å². The Morgan fingerprint density at radius 3 is 2.28 bits per heavy atom. The third-order valence-corrected chi connectivity index (χ3v) is 6.94. The molecule has 0 saturated carbocycles. The van der Waals surface area contributed by atoms with E-state index in [1.165, 1.54) is 25.3 Å². The molecule has 0 aliphatic carbocycles. The van der Waals surface area contributed by atoms with Crippen LogP contribution in [0, 0.1) is 0 Å². The molecule has 1 amide bonds. The minimum atomic E-state index is -4.98. The summed E-state index contributed by atoms with van der Waals surface area (Å²) in [5, 5.41) is 6.02. The number of carbonyl (C=O) groups excluding carboxylic acids is 1. The van der Waals surface area contributed by atoms with Crippen LogP contribution in [0.4, 0.5) is 48.5 Å². The van der Waals surface area contributed by atoms with E-state index >= 15 is 0 Å². The first-order valence-electron chi connectivity index (χ1n) is 13.4. The normalized spacial score (nSPS) is 16.8. The van der Waals surface area contributed by atoms with Crippen molar-refractivity contribution in [1.29, 1.82) is 0 Å². The van der Waals surface area contributed by atoms with Crippen LogP contribution in [-0.4, -0.2) is 47.9 Å². The lowest BCUT2D eigenvalue weighted by molar-refractivity contribution is -0.143. The number of fused-ring (bicyclic) bond motifs is 1. The van der Waals surface area contributed by atoms with Crippen LogP contribution in [0.2, 0.25) is 0 Å². The number of anilines is 3. The highest BCUT2D eigenvalue weighted by atomic mass is 19.4. The molecule has 3 heterocycles. The van der Waals surface area contributed by atoms with E-state index in [-0.39, 0.29) is 42.3 Å². The number of amides is 1. The Balaban J connectivity index is 1.72. The van der Waals surface area contributed by atoms with Gasteiger partial charge in [0.2, 0.25) is 11.8 Å². The molecule has 2 atom stereocenters. The summed E-state index contributed by atoms with van der Waals surface area (Å²) in [6, 6.07) is 3.92. The molecule has 0 spiro atoms. The fourth-order valence-electron chi connectivity index (χ4n) is 4.93. The molecule has 9 nitrogen and oxygen atoms in total. The average molecular weight is 613 g/mol. The lowest BCUT2D eigenvalue weighted by Crippen LogP contribution is -2.46. The van der Waals surface area contributed by atoms with E-state index in [1.54, 1.807) is 19.1 Å². The summed E-state index contributed by atoms with van der Waals surface area (Å²) in [6.45, 7) is 3.79. The van der Waals surface area contributed by atoms with Crippen LogP contribution in [0.3, 0.4) is 0 Å². The van der Waals surface area contributed by atoms with Crippen molar-refractivity contribution < 1.29 is 40.6 Å². The summed E-state index contributed by atoms with van der Waals surface area (Å²) in [7, 11) is 2.98. The number of rotatable bonds is 8. The number of benzene rings is 1. The zero-order valence-electron chi connectivity index (χ0n) is 23.7. The van der Waals surface area contributed by atoms with Crippen LogP contribution in [0.5, 0.6) is 5.88 Å². The van der Waals surface area contributed by atoms with Crippen LogP contribution in [0.1, 0.15) is 60.8 Å². The van der Waals surface area contributed by atoms with Crippen molar-refractivity contribution in [3.05, 3.63) is 64.6 Å². The number of methoxy groups -OCH3 is 1. The number of ether oxygens (including phenoxy) is 2. The molecule has 15 heteroatoms. The fourth-order valence-corrected chi connectivity index (χ4v) is 4.93. The Morgan fingerprint density at radius 2 is 1.72 bits per heavy atom. The predicted octanol–water partition coefficient (Wildman–Crippen LogP) is 6.85. The molecule has 4 rings (SSSR count). The SMILES string of the molecule is CCOC(=O)N1c2ccc(OC)nc2[C@@H](Nc2ncc(NC)c(Cc3cc(C(F)(F)F)cc(C(F)(F)F)c3)n2)C[C@H]1CC. The van der Waals surface area contributed by atoms with Gasteiger partial charge < -0.3 is 20.1 Å². The van der Waals surface area contributed by atoms with Crippen molar-refractivity contribution in [2.45, 2.75) is 57.5 Å². The van der Waals surface area contributed by atoms with Gasteiger partial charge in [0.25, 0.3) is 0 Å². The highest BCUT2D eigenvalue weighted by Crippen LogP contribution is 2.41. The Kier molecular flexibility index (Phi) is 9.21. The lowest BCUT2D eigenvalue weighted by atomic mass is 9.93. The Morgan fingerprint density at radius 1 is 1.05 bits per heavy atom. The molecule has 0 saturated heterocycles. The monoisotopic (exact) mass is 612 g/mol. The molecule has 0 fully saturated rings. The number of hydrogen-bond acceptors (Lipinski definition) is 8. The van der Waals surface area contributed by atoms with Gasteiger partial charge in [0.05, 0.1) is 59.8 Å². The van der Waals surface area contributed by atoms with Gasteiger partial charge >= 0.3 is 18.4 Å². The third kappa shape index (κ3) is 7.03. The first-order valence-corrected chi connectivity index (χ1v) is 13.4. The van der Waals surface area contributed by atoms with Gasteiger partial charge in [0, 0.05) is 25.6 Å². The molecule has 1 aromatic carbocycles. The van der Waals surface area contributed by atoms with E-state index in [1.807, 2.05) is 6.92 Å². The van der Waals surface area contributed by atoms with Gasteiger partial charge in [-0.25, -0.2) is 19.7 Å². The molecule has 0 bridgehead atoms. The molecule has 3 aromatic rings. The largest absolute Gasteiger partial charge is 0.481 e. The van der Waals surface area contributed by atoms with Crippen molar-refractivity contribution in [3.8, 4) is 5.88 Å². The minimum absolute atomic E-state index is 0.0667. The molecule has 1 aliphatic heterocycles. The highest BCUT2D eigenvalue weighted by molar-refractivity contribution is 5.90. The summed E-state index contributed by atoms with van der Waals surface area (Å²) in [5.74, 6) is 0.360. The van der Waals surface area contributed by atoms with Crippen LogP contribution in [0.15, 0.2) is 36.5 Å². The minimum Gasteiger partial charge on any atom is -0.481 e. The maximum atomic E-state index is 13.4. The molecule has 43 heavy (non-hydrogen) atoms. The number of pyridine rings is 1. The zero-order valence-corrected chi connectivity index (χ0v) is 23.7. The molecule has 0 radical (unpaired) electrons. The van der Waals surface area contributed by atoms with Crippen molar-refractivity contribution in [2.75, 3.05) is 36.3 Å². The summed E-state index contributed by atoms with van der Waals surface area (Å²) in [5.41, 5.74) is -1.62. The van der Waals surface area contributed by atoms with Crippen molar-refractivity contribution >= 4 is 23.4 Å². The maximum absolute atomic E-state index is 13.4. The molecule has 1 aliphatic rings. The molecule has 0 unspecified atom stereocenters. The first kappa shape index (κ1) is 31.6. The summed E-state index contributed by atoms with van der Waals surface area (Å²) in [4.78, 5) is 27.7. The van der Waals surface area contributed by atoms with Gasteiger partial charge in [-0.1, -0.05) is 6.92 Å². The van der Waals surface area contributed by atoms with Gasteiger partial charge in [-0.15, -0.1) is 0 Å². The van der Waals surface area contributed by atoms with E-state index in [2.05, 4.69) is 25.6 Å². The van der Waals surface area contributed by atoms with Gasteiger partial charge in [-0.3, -0.25) is 4.90 Å². The first-order chi connectivity index (χ1) is 20.3. The standard InChI is InChI=1S/C28H30F6N6O3/c1-5-18-13-20(24-22(7-8-23(39-24)42-4)40(18)26(41)43-6-2)38-25-36-14-21(35-3)19(37-25)11-15-9-16(27(29,30)31)12-17(10-15)28(32,33)34/h7-10,12,14,18,20,35H,5-6,11,13H2,1-4H3,(H,36,37,38)/t18-,20+/m1/s1. The predicted molar refractivity (Wildman–Crippen MR) is 146 cm³/mol. The number of alkyl halides is 6. The molecule has 232 valence electrons. The number of aromatic nitrogens is 3. The maximum Gasteiger partial charge on any atom is 0.416 e. The smallest absolute Gasteiger partial charge is 0.416 e. The van der Waals surface area contributed by atoms with Crippen molar-refractivity contribution in [1.82, 2.24) is 15.0 Å². The van der Waals surface area contributed by atoms with E-state index < -0.39 is 35.6 Å². The number of nitrogens with zero attached hydrogens (tertiary/aromatic N) is 4. The fraction of sp³-hybridized carbons (Fsp3) is 0.429. The highest BCUT2D eigenvalue weighted by Gasteiger charge is 2.39. The quantitative estimate of drug-likeness (QED) is 0.267. The number of nitrogens with one attached hydrogen (secondary N) is 2. The van der Waals surface area contributed by atoms with E-state index in [0.29, 0.717) is 47.9 Å². The van der Waals surface area contributed by atoms with E-state index in [4.69, 9.17) is 9.47 Å². The topological polar surface area (TPSA) is 102 Å². The number of halogens is 6. The third-order valence-electron chi connectivity index (χ3n) is 6.94. The van der Waals surface area contributed by atoms with Gasteiger partial charge in [0.1, 0.15) is 0 Å². The van der Waals surface area contributed by atoms with Crippen LogP contribution < -0.4 is 20.3 Å². The average Bonchev–Trinajstić information content (AvgIpc) is 2.95. The summed E-state index contributed by atoms with van der Waals surface area (Å²) < 4.78 is 91.2. The number of hydrogen-bond donors (Lipinski definition) is 2. The van der Waals surface area contributed by atoms with Crippen molar-refractivity contribution in [2.24, 2.45) is 0 Å². The van der Waals surface area contributed by atoms with Gasteiger partial charge in [-0.05, 0) is 49.6 Å². The van der Waals surface area contributed by atoms with Crippen LogP contribution >= 0.6 is 0 Å². The Hall–Kier alpha value is -4.30. The molecular weight excluding hydrogens is 582 g/mol. The van der Waals surface area contributed by atoms with Gasteiger partial charge in [-0.2, -0.15) is 26.3 Å². The Bertz CT molecular complexity index is 1430. The second kappa shape index (κ2) is 12.5. The lowest BCUT2D eigenvalue weighted by Gasteiger charge is -2.39. The zero-order chi connectivity index (χ0) is 31.5. The number of carbonyl (C=O) groups is 1. The van der Waals surface area contributed by atoms with Gasteiger partial charge in [0.15, 0.2) is 0 Å². The molecule has 2 N–H and O–H groups in total. The van der Waals surface area contributed by atoms with Crippen molar-refractivity contribution in [3.63, 3.8) is 0 Å². The van der Waals surface area contributed by atoms with E-state index in [0.717, 1.165) is 0 Å². The second-order valence-corrected chi connectivity index (χ2v) is 9.72. The molecule has 2 aromatic heterocycles. The molecular formula is C28H30F6N6O3. The van der Waals surface area contributed by atoms with Crippen LogP contribution in [0.25, 0.3) is 0 Å². The summed E-state index contributed by atoms with van der Waals surface area (Å²) in [6.07, 6.45) is -8.50. The summed E-state index contributed by atoms with van der Waals surface area (Å²) >= 11 is 0.